The van der Waals surface area contributed by atoms with Crippen molar-refractivity contribution in [1.29, 1.82) is 0 Å². The average molecular weight is 237 g/mol. The molecule has 1 aliphatic rings. The smallest absolute Gasteiger partial charge is 0.193 e. The van der Waals surface area contributed by atoms with Gasteiger partial charge in [0.05, 0.1) is 5.69 Å². The minimum Gasteiger partial charge on any atom is -0.439 e. The summed E-state index contributed by atoms with van der Waals surface area (Å²) < 4.78 is 5.63. The zero-order chi connectivity index (χ0) is 12.5. The molecule has 2 heteroatoms. The van der Waals surface area contributed by atoms with E-state index in [1.54, 1.807) is 0 Å². The van der Waals surface area contributed by atoms with Gasteiger partial charge in [-0.15, -0.1) is 0 Å². The van der Waals surface area contributed by atoms with Crippen LogP contribution in [0.2, 0.25) is 0 Å². The number of benzene rings is 2. The van der Waals surface area contributed by atoms with Crippen molar-refractivity contribution >= 4 is 5.69 Å². The van der Waals surface area contributed by atoms with Gasteiger partial charge in [-0.25, -0.2) is 0 Å². The van der Waals surface area contributed by atoms with E-state index in [0.717, 1.165) is 18.0 Å². The summed E-state index contributed by atoms with van der Waals surface area (Å²) in [7, 11) is 0. The van der Waals surface area contributed by atoms with Crippen molar-refractivity contribution in [3.05, 3.63) is 61.0 Å². The van der Waals surface area contributed by atoms with Crippen molar-refractivity contribution in [2.24, 2.45) is 0 Å². The quantitative estimate of drug-likeness (QED) is 0.781. The van der Waals surface area contributed by atoms with Gasteiger partial charge in [-0.1, -0.05) is 36.4 Å². The van der Waals surface area contributed by atoms with Crippen LogP contribution in [0, 0.1) is 0 Å². The van der Waals surface area contributed by atoms with Gasteiger partial charge >= 0.3 is 0 Å². The normalized spacial score (nSPS) is 13.4. The molecule has 90 valence electrons. The Kier molecular flexibility index (Phi) is 2.56. The van der Waals surface area contributed by atoms with Crippen LogP contribution in [0.5, 0.6) is 5.75 Å². The molecule has 2 aromatic carbocycles. The Morgan fingerprint density at radius 3 is 2.56 bits per heavy atom. The molecule has 18 heavy (non-hydrogen) atoms. The number of rotatable bonds is 2. The van der Waals surface area contributed by atoms with Crippen LogP contribution >= 0.6 is 0 Å². The minimum absolute atomic E-state index is 0.706. The lowest BCUT2D eigenvalue weighted by atomic mass is 10.0. The maximum atomic E-state index is 5.63. The highest BCUT2D eigenvalue weighted by Crippen LogP contribution is 2.40. The molecular formula is C16H15NO. The molecule has 1 heterocycles. The summed E-state index contributed by atoms with van der Waals surface area (Å²) in [5, 5.41) is 0. The van der Waals surface area contributed by atoms with Gasteiger partial charge in [-0.2, -0.15) is 0 Å². The maximum Gasteiger partial charge on any atom is 0.193 e. The van der Waals surface area contributed by atoms with E-state index in [1.165, 1.54) is 11.1 Å². The van der Waals surface area contributed by atoms with Crippen molar-refractivity contribution in [1.82, 2.24) is 0 Å². The van der Waals surface area contributed by atoms with Gasteiger partial charge in [0.25, 0.3) is 0 Å². The van der Waals surface area contributed by atoms with Crippen LogP contribution in [0.1, 0.15) is 6.92 Å². The second-order valence-electron chi connectivity index (χ2n) is 4.29. The fourth-order valence-electron chi connectivity index (χ4n) is 2.29. The molecule has 0 bridgehead atoms. The highest BCUT2D eigenvalue weighted by Gasteiger charge is 2.23. The molecule has 0 amide bonds. The van der Waals surface area contributed by atoms with E-state index in [2.05, 4.69) is 54.8 Å². The Balaban J connectivity index is 2.07. The molecule has 0 aliphatic carbocycles. The molecule has 0 aromatic heterocycles. The summed E-state index contributed by atoms with van der Waals surface area (Å²) >= 11 is 0. The Morgan fingerprint density at radius 1 is 1.06 bits per heavy atom. The predicted molar refractivity (Wildman–Crippen MR) is 74.7 cm³/mol. The van der Waals surface area contributed by atoms with Gasteiger partial charge in [0.15, 0.2) is 11.6 Å². The lowest BCUT2D eigenvalue weighted by Crippen LogP contribution is -2.18. The molecule has 0 atom stereocenters. The van der Waals surface area contributed by atoms with Gasteiger partial charge in [0.2, 0.25) is 0 Å². The Labute approximate surface area is 107 Å². The van der Waals surface area contributed by atoms with Gasteiger partial charge in [0.1, 0.15) is 0 Å². The van der Waals surface area contributed by atoms with Crippen LogP contribution in [0.4, 0.5) is 5.69 Å². The zero-order valence-electron chi connectivity index (χ0n) is 10.4. The predicted octanol–water partition coefficient (Wildman–Crippen LogP) is 4.04. The van der Waals surface area contributed by atoms with Crippen LogP contribution in [-0.4, -0.2) is 6.54 Å². The Morgan fingerprint density at radius 2 is 1.83 bits per heavy atom. The molecule has 3 rings (SSSR count). The second-order valence-corrected chi connectivity index (χ2v) is 4.29. The largest absolute Gasteiger partial charge is 0.439 e. The van der Waals surface area contributed by atoms with E-state index in [-0.39, 0.29) is 0 Å². The first-order valence-corrected chi connectivity index (χ1v) is 6.13. The number of nitrogens with zero attached hydrogens (tertiary/aromatic N) is 1. The number of anilines is 1. The number of fused-ring (bicyclic) bond motifs is 1. The van der Waals surface area contributed by atoms with Gasteiger partial charge in [0, 0.05) is 6.54 Å². The van der Waals surface area contributed by atoms with Crippen LogP contribution < -0.4 is 9.64 Å². The van der Waals surface area contributed by atoms with E-state index in [4.69, 9.17) is 4.74 Å². The highest BCUT2D eigenvalue weighted by atomic mass is 16.5. The number of ether oxygens (including phenoxy) is 1. The fraction of sp³-hybridized carbons (Fsp3) is 0.125. The summed E-state index contributed by atoms with van der Waals surface area (Å²) in [6.07, 6.45) is 0. The molecule has 0 saturated carbocycles. The third kappa shape index (κ3) is 1.66. The minimum atomic E-state index is 0.706. The number of hydrogen-bond acceptors (Lipinski definition) is 2. The van der Waals surface area contributed by atoms with E-state index in [9.17, 15) is 0 Å². The van der Waals surface area contributed by atoms with E-state index in [1.807, 2.05) is 12.1 Å². The first-order valence-electron chi connectivity index (χ1n) is 6.13. The molecule has 1 aliphatic heterocycles. The van der Waals surface area contributed by atoms with Crippen molar-refractivity contribution in [3.63, 3.8) is 0 Å². The van der Waals surface area contributed by atoms with E-state index < -0.39 is 0 Å². The fourth-order valence-corrected chi connectivity index (χ4v) is 2.29. The first kappa shape index (κ1) is 10.9. The zero-order valence-corrected chi connectivity index (χ0v) is 10.4. The SMILES string of the molecule is C=C1Oc2ccc(-c3ccccc3)cc2N1CC. The van der Waals surface area contributed by atoms with Crippen LogP contribution in [-0.2, 0) is 0 Å². The van der Waals surface area contributed by atoms with Gasteiger partial charge < -0.3 is 9.64 Å². The van der Waals surface area contributed by atoms with Crippen molar-refractivity contribution in [2.75, 3.05) is 11.4 Å². The van der Waals surface area contributed by atoms with Crippen LogP contribution in [0.3, 0.4) is 0 Å². The molecule has 0 spiro atoms. The lowest BCUT2D eigenvalue weighted by molar-refractivity contribution is 0.442. The highest BCUT2D eigenvalue weighted by molar-refractivity contribution is 5.75. The molecule has 0 saturated heterocycles. The van der Waals surface area contributed by atoms with Crippen LogP contribution in [0.25, 0.3) is 11.1 Å². The number of hydrogen-bond donors (Lipinski definition) is 0. The summed E-state index contributed by atoms with van der Waals surface area (Å²) in [6.45, 7) is 6.89. The summed E-state index contributed by atoms with van der Waals surface area (Å²) in [6, 6.07) is 16.6. The third-order valence-electron chi connectivity index (χ3n) is 3.20. The monoisotopic (exact) mass is 237 g/mol. The van der Waals surface area contributed by atoms with Crippen LogP contribution in [0.15, 0.2) is 61.0 Å². The third-order valence-corrected chi connectivity index (χ3v) is 3.20. The standard InChI is InChI=1S/C16H15NO/c1-3-17-12(2)18-16-10-9-14(11-15(16)17)13-7-5-4-6-8-13/h4-11H,2-3H2,1H3. The summed E-state index contributed by atoms with van der Waals surface area (Å²) in [4.78, 5) is 2.09. The Bertz CT molecular complexity index is 589. The van der Waals surface area contributed by atoms with Crippen molar-refractivity contribution in [3.8, 4) is 16.9 Å². The first-order chi connectivity index (χ1) is 8.79. The van der Waals surface area contributed by atoms with Gasteiger partial charge in [-0.3, -0.25) is 0 Å². The molecule has 0 unspecified atom stereocenters. The molecule has 0 N–H and O–H groups in total. The summed E-state index contributed by atoms with van der Waals surface area (Å²) in [5.41, 5.74) is 3.52. The molecule has 2 aromatic rings. The molecule has 0 radical (unpaired) electrons. The lowest BCUT2D eigenvalue weighted by Gasteiger charge is -2.14. The topological polar surface area (TPSA) is 12.5 Å². The van der Waals surface area contributed by atoms with Crippen molar-refractivity contribution in [2.45, 2.75) is 6.92 Å². The van der Waals surface area contributed by atoms with Crippen molar-refractivity contribution < 1.29 is 4.74 Å². The Hall–Kier alpha value is -2.22. The van der Waals surface area contributed by atoms with Gasteiger partial charge in [-0.05, 0) is 36.8 Å². The summed E-state index contributed by atoms with van der Waals surface area (Å²) in [5.74, 6) is 1.60. The second kappa shape index (κ2) is 4.22. The molecule has 0 fully saturated rings. The van der Waals surface area contributed by atoms with E-state index in [0.29, 0.717) is 5.88 Å². The molecular weight excluding hydrogens is 222 g/mol. The average Bonchev–Trinajstić information content (AvgIpc) is 2.74. The maximum absolute atomic E-state index is 5.63. The van der Waals surface area contributed by atoms with E-state index >= 15 is 0 Å². The molecule has 2 nitrogen and oxygen atoms in total.